The Morgan fingerprint density at radius 1 is 1.15 bits per heavy atom. The number of carbonyl (C=O) groups is 1. The maximum atomic E-state index is 13.2. The van der Waals surface area contributed by atoms with Gasteiger partial charge in [-0.25, -0.2) is 4.98 Å². The number of benzene rings is 1. The first-order valence-corrected chi connectivity index (χ1v) is 11.1. The molecule has 0 radical (unpaired) electrons. The molecule has 0 unspecified atom stereocenters. The highest BCUT2D eigenvalue weighted by atomic mass is 32.2. The van der Waals surface area contributed by atoms with Crippen molar-refractivity contribution < 1.29 is 4.79 Å². The zero-order valence-electron chi connectivity index (χ0n) is 15.6. The lowest BCUT2D eigenvalue weighted by Gasteiger charge is -2.30. The Bertz CT molecular complexity index is 892. The predicted octanol–water partition coefficient (Wildman–Crippen LogP) is 5.70. The van der Waals surface area contributed by atoms with E-state index in [4.69, 9.17) is 4.99 Å². The highest BCUT2D eigenvalue weighted by Crippen LogP contribution is 2.38. The van der Waals surface area contributed by atoms with Gasteiger partial charge in [0.05, 0.1) is 10.6 Å². The molecule has 1 saturated heterocycles. The third kappa shape index (κ3) is 4.17. The zero-order valence-corrected chi connectivity index (χ0v) is 17.3. The molecule has 1 aliphatic carbocycles. The van der Waals surface area contributed by atoms with Gasteiger partial charge >= 0.3 is 0 Å². The fourth-order valence-corrected chi connectivity index (χ4v) is 5.28. The van der Waals surface area contributed by atoms with Gasteiger partial charge in [-0.15, -0.1) is 11.3 Å². The summed E-state index contributed by atoms with van der Waals surface area (Å²) in [6.45, 7) is 4.03. The Morgan fingerprint density at radius 2 is 1.89 bits per heavy atom. The molecular weight excluding hydrogens is 374 g/mol. The molecule has 1 aromatic heterocycles. The third-order valence-electron chi connectivity index (χ3n) is 4.95. The van der Waals surface area contributed by atoms with E-state index >= 15 is 0 Å². The van der Waals surface area contributed by atoms with Crippen molar-refractivity contribution in [3.8, 4) is 0 Å². The number of carbonyl (C=O) groups excluding carboxylic acids is 1. The van der Waals surface area contributed by atoms with Crippen LogP contribution in [0.4, 0.5) is 5.13 Å². The van der Waals surface area contributed by atoms with E-state index in [-0.39, 0.29) is 11.9 Å². The van der Waals surface area contributed by atoms with Crippen molar-refractivity contribution >= 4 is 45.4 Å². The lowest BCUT2D eigenvalue weighted by molar-refractivity contribution is -0.124. The van der Waals surface area contributed by atoms with Crippen molar-refractivity contribution in [2.75, 3.05) is 0 Å². The molecule has 1 aliphatic heterocycles. The molecule has 140 valence electrons. The molecule has 1 saturated carbocycles. The first-order chi connectivity index (χ1) is 13.1. The molecule has 2 heterocycles. The van der Waals surface area contributed by atoms with Gasteiger partial charge in [0.15, 0.2) is 5.17 Å². The number of thioether (sulfide) groups is 1. The van der Waals surface area contributed by atoms with E-state index in [9.17, 15) is 4.79 Å². The van der Waals surface area contributed by atoms with Crippen molar-refractivity contribution in [2.45, 2.75) is 52.0 Å². The minimum atomic E-state index is 0.0829. The molecule has 0 atom stereocenters. The molecule has 2 aliphatic rings. The summed E-state index contributed by atoms with van der Waals surface area (Å²) in [5, 5.41) is 3.49. The molecule has 27 heavy (non-hydrogen) atoms. The second-order valence-corrected chi connectivity index (χ2v) is 9.00. The molecule has 4 rings (SSSR count). The van der Waals surface area contributed by atoms with Crippen LogP contribution < -0.4 is 0 Å². The maximum Gasteiger partial charge on any atom is 0.267 e. The van der Waals surface area contributed by atoms with Crippen LogP contribution in [0.25, 0.3) is 6.08 Å². The third-order valence-corrected chi connectivity index (χ3v) is 6.79. The molecule has 2 aromatic rings. The number of hydrogen-bond acceptors (Lipinski definition) is 5. The molecular formula is C21H23N3OS2. The van der Waals surface area contributed by atoms with Crippen LogP contribution in [0.1, 0.15) is 48.9 Å². The molecule has 2 fully saturated rings. The van der Waals surface area contributed by atoms with Crippen molar-refractivity contribution in [1.82, 2.24) is 9.88 Å². The summed E-state index contributed by atoms with van der Waals surface area (Å²) >= 11 is 3.00. The van der Waals surface area contributed by atoms with Crippen LogP contribution in [-0.4, -0.2) is 27.0 Å². The summed E-state index contributed by atoms with van der Waals surface area (Å²) in [6.07, 6.45) is 7.72. The van der Waals surface area contributed by atoms with E-state index in [1.165, 1.54) is 47.9 Å². The van der Waals surface area contributed by atoms with E-state index in [0.29, 0.717) is 0 Å². The van der Waals surface area contributed by atoms with Crippen LogP contribution in [0.15, 0.2) is 39.5 Å². The van der Waals surface area contributed by atoms with Crippen molar-refractivity contribution in [2.24, 2.45) is 4.99 Å². The van der Waals surface area contributed by atoms with Gasteiger partial charge < -0.3 is 0 Å². The highest BCUT2D eigenvalue weighted by Gasteiger charge is 2.38. The summed E-state index contributed by atoms with van der Waals surface area (Å²) in [4.78, 5) is 25.1. The Hall–Kier alpha value is -1.92. The van der Waals surface area contributed by atoms with Crippen LogP contribution in [0.3, 0.4) is 0 Å². The summed E-state index contributed by atoms with van der Waals surface area (Å²) in [5.74, 6) is 0.0829. The van der Waals surface area contributed by atoms with Crippen LogP contribution >= 0.6 is 23.1 Å². The topological polar surface area (TPSA) is 45.6 Å². The number of amides is 1. The van der Waals surface area contributed by atoms with Crippen molar-refractivity contribution in [1.29, 1.82) is 0 Å². The standard InChI is InChI=1S/C21H23N3OS2/c1-14-8-10-16(11-9-14)12-18-19(25)24(17-6-4-3-5-7-17)21(27-18)23-20-22-15(2)13-26-20/h8-13,17H,3-7H2,1-2H3/b18-12-,23-21+. The first-order valence-electron chi connectivity index (χ1n) is 9.41. The van der Waals surface area contributed by atoms with E-state index < -0.39 is 0 Å². The van der Waals surface area contributed by atoms with E-state index in [1.54, 1.807) is 0 Å². The Labute approximate surface area is 168 Å². The SMILES string of the molecule is Cc1ccc(/C=C2\S/C(=N/c3nc(C)cs3)N(C3CCCCC3)C2=O)cc1. The van der Waals surface area contributed by atoms with Gasteiger partial charge in [0.1, 0.15) is 0 Å². The average Bonchev–Trinajstić information content (AvgIpc) is 3.21. The van der Waals surface area contributed by atoms with Gasteiger partial charge in [-0.2, -0.15) is 4.99 Å². The lowest BCUT2D eigenvalue weighted by Crippen LogP contribution is -2.40. The number of rotatable bonds is 3. The van der Waals surface area contributed by atoms with Gasteiger partial charge in [0.2, 0.25) is 5.13 Å². The molecule has 4 nitrogen and oxygen atoms in total. The van der Waals surface area contributed by atoms with E-state index in [0.717, 1.165) is 39.3 Å². The summed E-state index contributed by atoms with van der Waals surface area (Å²) in [6, 6.07) is 8.51. The van der Waals surface area contributed by atoms with Gasteiger partial charge in [0, 0.05) is 11.4 Å². The largest absolute Gasteiger partial charge is 0.283 e. The normalized spacial score (nSPS) is 21.6. The lowest BCUT2D eigenvalue weighted by atomic mass is 9.94. The van der Waals surface area contributed by atoms with E-state index in [1.807, 2.05) is 23.3 Å². The van der Waals surface area contributed by atoms with Gasteiger partial charge in [-0.05, 0) is 50.1 Å². The number of aromatic nitrogens is 1. The highest BCUT2D eigenvalue weighted by molar-refractivity contribution is 8.18. The quantitative estimate of drug-likeness (QED) is 0.624. The monoisotopic (exact) mass is 397 g/mol. The maximum absolute atomic E-state index is 13.2. The zero-order chi connectivity index (χ0) is 18.8. The first kappa shape index (κ1) is 18.4. The van der Waals surface area contributed by atoms with Gasteiger partial charge in [-0.3, -0.25) is 9.69 Å². The fraction of sp³-hybridized carbons (Fsp3) is 0.381. The Kier molecular flexibility index (Phi) is 5.45. The molecule has 1 amide bonds. The number of aliphatic imine (C=N–C) groups is 1. The summed E-state index contributed by atoms with van der Waals surface area (Å²) in [5.41, 5.74) is 3.23. The number of aryl methyl sites for hydroxylation is 2. The summed E-state index contributed by atoms with van der Waals surface area (Å²) in [7, 11) is 0. The minimum absolute atomic E-state index is 0.0829. The van der Waals surface area contributed by atoms with Crippen molar-refractivity contribution in [3.63, 3.8) is 0 Å². The molecule has 0 bridgehead atoms. The van der Waals surface area contributed by atoms with Crippen LogP contribution in [0.5, 0.6) is 0 Å². The Morgan fingerprint density at radius 3 is 2.56 bits per heavy atom. The smallest absolute Gasteiger partial charge is 0.267 e. The molecule has 0 spiro atoms. The van der Waals surface area contributed by atoms with Crippen LogP contribution in [0.2, 0.25) is 0 Å². The number of hydrogen-bond donors (Lipinski definition) is 0. The van der Waals surface area contributed by atoms with Crippen LogP contribution in [0, 0.1) is 13.8 Å². The second kappa shape index (κ2) is 7.98. The predicted molar refractivity (Wildman–Crippen MR) is 114 cm³/mol. The molecule has 6 heteroatoms. The second-order valence-electron chi connectivity index (χ2n) is 7.15. The average molecular weight is 398 g/mol. The molecule has 0 N–H and O–H groups in total. The number of amidine groups is 1. The van der Waals surface area contributed by atoms with Gasteiger partial charge in [0.25, 0.3) is 5.91 Å². The number of thiazole rings is 1. The number of nitrogens with zero attached hydrogens (tertiary/aromatic N) is 3. The molecule has 1 aromatic carbocycles. The Balaban J connectivity index is 1.68. The van der Waals surface area contributed by atoms with Crippen molar-refractivity contribution in [3.05, 3.63) is 51.4 Å². The van der Waals surface area contributed by atoms with E-state index in [2.05, 4.69) is 36.2 Å². The van der Waals surface area contributed by atoms with Gasteiger partial charge in [-0.1, -0.05) is 49.1 Å². The fourth-order valence-electron chi connectivity index (χ4n) is 3.51. The minimum Gasteiger partial charge on any atom is -0.283 e. The summed E-state index contributed by atoms with van der Waals surface area (Å²) < 4.78 is 0. The van der Waals surface area contributed by atoms with Crippen LogP contribution in [-0.2, 0) is 4.79 Å².